The number of nitro benzene ring substituents is 1. The lowest BCUT2D eigenvalue weighted by Crippen LogP contribution is -2.46. The maximum Gasteiger partial charge on any atom is 0.312 e. The van der Waals surface area contributed by atoms with E-state index in [9.17, 15) is 14.9 Å². The highest BCUT2D eigenvalue weighted by Crippen LogP contribution is 2.32. The molecule has 7 nitrogen and oxygen atoms in total. The van der Waals surface area contributed by atoms with Crippen molar-refractivity contribution in [1.82, 2.24) is 5.32 Å². The topological polar surface area (TPSA) is 102 Å². The van der Waals surface area contributed by atoms with Gasteiger partial charge in [0.2, 0.25) is 0 Å². The first-order valence-electron chi connectivity index (χ1n) is 6.22. The standard InChI is InChI=1S/C12H15BrN4O3/c13-8-1-2-10(11(7-8)17(19)20)16-5-3-9(4-6-16)15-12(14)18/h1-2,7,9H,3-6H2,(H3,14,15,18). The molecule has 0 atom stereocenters. The molecule has 108 valence electrons. The van der Waals surface area contributed by atoms with Crippen LogP contribution < -0.4 is 16.0 Å². The monoisotopic (exact) mass is 342 g/mol. The second-order valence-corrected chi connectivity index (χ2v) is 5.58. The van der Waals surface area contributed by atoms with Gasteiger partial charge in [-0.1, -0.05) is 15.9 Å². The summed E-state index contributed by atoms with van der Waals surface area (Å²) in [6, 6.07) is 4.54. The molecule has 0 radical (unpaired) electrons. The highest BCUT2D eigenvalue weighted by atomic mass is 79.9. The number of nitro groups is 1. The Kier molecular flexibility index (Phi) is 4.43. The van der Waals surface area contributed by atoms with Gasteiger partial charge < -0.3 is 16.0 Å². The molecule has 1 aromatic rings. The number of hydrogen-bond acceptors (Lipinski definition) is 4. The van der Waals surface area contributed by atoms with Gasteiger partial charge in [0.05, 0.1) is 4.92 Å². The van der Waals surface area contributed by atoms with Crippen LogP contribution in [0, 0.1) is 10.1 Å². The third-order valence-corrected chi connectivity index (χ3v) is 3.81. The van der Waals surface area contributed by atoms with Crippen molar-refractivity contribution in [1.29, 1.82) is 0 Å². The Morgan fingerprint density at radius 1 is 1.45 bits per heavy atom. The lowest BCUT2D eigenvalue weighted by Gasteiger charge is -2.33. The van der Waals surface area contributed by atoms with Crippen LogP contribution in [-0.2, 0) is 0 Å². The smallest absolute Gasteiger partial charge is 0.312 e. The first kappa shape index (κ1) is 14.6. The number of amides is 2. The van der Waals surface area contributed by atoms with Crippen molar-refractivity contribution in [3.63, 3.8) is 0 Å². The van der Waals surface area contributed by atoms with Gasteiger partial charge in [0.15, 0.2) is 0 Å². The molecule has 1 aromatic carbocycles. The number of hydrogen-bond donors (Lipinski definition) is 2. The van der Waals surface area contributed by atoms with E-state index < -0.39 is 6.03 Å². The second-order valence-electron chi connectivity index (χ2n) is 4.66. The summed E-state index contributed by atoms with van der Waals surface area (Å²) in [5.74, 6) is 0. The average molecular weight is 343 g/mol. The van der Waals surface area contributed by atoms with Gasteiger partial charge in [-0.15, -0.1) is 0 Å². The number of carbonyl (C=O) groups excluding carboxylic acids is 1. The normalized spacial score (nSPS) is 15.9. The van der Waals surface area contributed by atoms with E-state index in [4.69, 9.17) is 5.73 Å². The number of primary amides is 1. The summed E-state index contributed by atoms with van der Waals surface area (Å²) in [6.07, 6.45) is 1.44. The molecule has 0 aliphatic carbocycles. The molecule has 1 saturated heterocycles. The zero-order valence-electron chi connectivity index (χ0n) is 10.7. The van der Waals surface area contributed by atoms with Crippen LogP contribution in [0.5, 0.6) is 0 Å². The van der Waals surface area contributed by atoms with E-state index in [0.717, 1.165) is 12.8 Å². The summed E-state index contributed by atoms with van der Waals surface area (Å²) in [5.41, 5.74) is 5.78. The molecule has 0 unspecified atom stereocenters. The molecule has 3 N–H and O–H groups in total. The van der Waals surface area contributed by atoms with Gasteiger partial charge in [-0.2, -0.15) is 0 Å². The Hall–Kier alpha value is -1.83. The van der Waals surface area contributed by atoms with Crippen molar-refractivity contribution in [3.05, 3.63) is 32.8 Å². The molecule has 0 spiro atoms. The Morgan fingerprint density at radius 3 is 2.65 bits per heavy atom. The van der Waals surface area contributed by atoms with Crippen molar-refractivity contribution in [2.75, 3.05) is 18.0 Å². The largest absolute Gasteiger partial charge is 0.366 e. The van der Waals surface area contributed by atoms with Crippen LogP contribution in [0.15, 0.2) is 22.7 Å². The molecule has 1 aliphatic rings. The number of benzene rings is 1. The van der Waals surface area contributed by atoms with Crippen LogP contribution in [-0.4, -0.2) is 30.1 Å². The Balaban J connectivity index is 2.11. The quantitative estimate of drug-likeness (QED) is 0.647. The summed E-state index contributed by atoms with van der Waals surface area (Å²) in [5, 5.41) is 13.8. The zero-order chi connectivity index (χ0) is 14.7. The predicted octanol–water partition coefficient (Wildman–Crippen LogP) is 1.99. The summed E-state index contributed by atoms with van der Waals surface area (Å²) in [6.45, 7) is 1.29. The van der Waals surface area contributed by atoms with Gasteiger partial charge >= 0.3 is 6.03 Å². The third-order valence-electron chi connectivity index (χ3n) is 3.32. The zero-order valence-corrected chi connectivity index (χ0v) is 12.3. The maximum atomic E-state index is 11.1. The van der Waals surface area contributed by atoms with E-state index in [1.54, 1.807) is 12.1 Å². The molecule has 0 aromatic heterocycles. The Morgan fingerprint density at radius 2 is 2.10 bits per heavy atom. The van der Waals surface area contributed by atoms with Crippen molar-refractivity contribution in [3.8, 4) is 0 Å². The lowest BCUT2D eigenvalue weighted by molar-refractivity contribution is -0.384. The second kappa shape index (κ2) is 6.08. The highest BCUT2D eigenvalue weighted by molar-refractivity contribution is 9.10. The van der Waals surface area contributed by atoms with E-state index in [1.165, 1.54) is 6.07 Å². The molecular formula is C12H15BrN4O3. The SMILES string of the molecule is NC(=O)NC1CCN(c2ccc(Br)cc2[N+](=O)[O-])CC1. The minimum atomic E-state index is -0.530. The molecule has 8 heteroatoms. The van der Waals surface area contributed by atoms with Crippen LogP contribution in [0.2, 0.25) is 0 Å². The number of carbonyl (C=O) groups is 1. The minimum Gasteiger partial charge on any atom is -0.366 e. The van der Waals surface area contributed by atoms with Crippen molar-refractivity contribution in [2.24, 2.45) is 5.73 Å². The van der Waals surface area contributed by atoms with Gasteiger partial charge in [0.25, 0.3) is 5.69 Å². The first-order chi connectivity index (χ1) is 9.47. The number of nitrogens with one attached hydrogen (secondary N) is 1. The van der Waals surface area contributed by atoms with Crippen LogP contribution in [0.4, 0.5) is 16.2 Å². The summed E-state index contributed by atoms with van der Waals surface area (Å²) >= 11 is 3.24. The Labute approximate surface area is 124 Å². The fourth-order valence-corrected chi connectivity index (χ4v) is 2.73. The number of halogens is 1. The summed E-state index contributed by atoms with van der Waals surface area (Å²) < 4.78 is 0.679. The molecule has 1 heterocycles. The molecule has 0 saturated carbocycles. The van der Waals surface area contributed by atoms with E-state index in [1.807, 2.05) is 4.90 Å². The Bertz CT molecular complexity index is 529. The average Bonchev–Trinajstić information content (AvgIpc) is 2.39. The number of nitrogens with two attached hydrogens (primary N) is 1. The van der Waals surface area contributed by atoms with E-state index in [2.05, 4.69) is 21.2 Å². The number of anilines is 1. The van der Waals surface area contributed by atoms with E-state index in [-0.39, 0.29) is 16.7 Å². The van der Waals surface area contributed by atoms with Crippen molar-refractivity contribution in [2.45, 2.75) is 18.9 Å². The first-order valence-corrected chi connectivity index (χ1v) is 7.01. The van der Waals surface area contributed by atoms with Crippen LogP contribution in [0.1, 0.15) is 12.8 Å². The number of rotatable bonds is 3. The molecule has 2 rings (SSSR count). The number of piperidine rings is 1. The van der Waals surface area contributed by atoms with Gasteiger partial charge in [-0.3, -0.25) is 10.1 Å². The van der Waals surface area contributed by atoms with Gasteiger partial charge in [0, 0.05) is 29.7 Å². The summed E-state index contributed by atoms with van der Waals surface area (Å²) in [4.78, 5) is 23.5. The van der Waals surface area contributed by atoms with Crippen LogP contribution >= 0.6 is 15.9 Å². The highest BCUT2D eigenvalue weighted by Gasteiger charge is 2.25. The van der Waals surface area contributed by atoms with Gasteiger partial charge in [-0.05, 0) is 25.0 Å². The van der Waals surface area contributed by atoms with Gasteiger partial charge in [0.1, 0.15) is 5.69 Å². The van der Waals surface area contributed by atoms with Gasteiger partial charge in [-0.25, -0.2) is 4.79 Å². The van der Waals surface area contributed by atoms with Crippen molar-refractivity contribution >= 4 is 33.3 Å². The molecule has 0 bridgehead atoms. The molecule has 2 amide bonds. The van der Waals surface area contributed by atoms with Crippen LogP contribution in [0.25, 0.3) is 0 Å². The maximum absolute atomic E-state index is 11.1. The van der Waals surface area contributed by atoms with Crippen LogP contribution in [0.3, 0.4) is 0 Å². The molecular weight excluding hydrogens is 328 g/mol. The fourth-order valence-electron chi connectivity index (χ4n) is 2.38. The lowest BCUT2D eigenvalue weighted by atomic mass is 10.0. The molecule has 1 aliphatic heterocycles. The van der Waals surface area contributed by atoms with E-state index in [0.29, 0.717) is 23.2 Å². The fraction of sp³-hybridized carbons (Fsp3) is 0.417. The van der Waals surface area contributed by atoms with E-state index >= 15 is 0 Å². The molecule has 1 fully saturated rings. The number of nitrogens with zero attached hydrogens (tertiary/aromatic N) is 2. The third kappa shape index (κ3) is 3.38. The summed E-state index contributed by atoms with van der Waals surface area (Å²) in [7, 11) is 0. The van der Waals surface area contributed by atoms with Crippen molar-refractivity contribution < 1.29 is 9.72 Å². The number of urea groups is 1. The minimum absolute atomic E-state index is 0.0401. The predicted molar refractivity (Wildman–Crippen MR) is 78.8 cm³/mol. The molecule has 20 heavy (non-hydrogen) atoms.